The van der Waals surface area contributed by atoms with Crippen LogP contribution in [0.3, 0.4) is 0 Å². The van der Waals surface area contributed by atoms with Crippen molar-refractivity contribution in [1.29, 1.82) is 0 Å². The van der Waals surface area contributed by atoms with E-state index in [1.807, 2.05) is 65.9 Å². The van der Waals surface area contributed by atoms with Gasteiger partial charge in [0, 0.05) is 87.0 Å². The zero-order valence-corrected chi connectivity index (χ0v) is 43.9. The number of anilines is 1. The van der Waals surface area contributed by atoms with E-state index in [1.165, 1.54) is 11.8 Å². The van der Waals surface area contributed by atoms with Crippen LogP contribution in [0.1, 0.15) is 111 Å². The number of likely N-dealkylation sites (N-methyl/N-ethyl adjacent to an activating group) is 1. The van der Waals surface area contributed by atoms with Gasteiger partial charge in [0.1, 0.15) is 42.9 Å². The number of ether oxygens (including phenoxy) is 6. The highest BCUT2D eigenvalue weighted by Crippen LogP contribution is 2.55. The maximum Gasteiger partial charge on any atom is 0.309 e. The number of cyclic esters (lactones) is 1. The molecule has 1 aromatic carbocycles. The van der Waals surface area contributed by atoms with Crippen LogP contribution < -0.4 is 5.73 Å². The van der Waals surface area contributed by atoms with Gasteiger partial charge in [0.25, 0.3) is 0 Å². The zero-order valence-electron chi connectivity index (χ0n) is 43.9. The molecule has 7 rings (SSSR count). The number of nitrogen functional groups attached to an aromatic ring is 1. The van der Waals surface area contributed by atoms with Crippen molar-refractivity contribution in [3.05, 3.63) is 54.1 Å². The summed E-state index contributed by atoms with van der Waals surface area (Å²) < 4.78 is 54.3. The Kier molecular flexibility index (Phi) is 18.3. The van der Waals surface area contributed by atoms with Crippen molar-refractivity contribution in [3.8, 4) is 11.1 Å². The lowest BCUT2D eigenvalue weighted by Gasteiger charge is -2.48. The van der Waals surface area contributed by atoms with Crippen LogP contribution in [0.2, 0.25) is 0 Å². The van der Waals surface area contributed by atoms with Gasteiger partial charge in [-0.15, -0.1) is 5.10 Å². The second-order valence-electron chi connectivity index (χ2n) is 21.7. The first-order chi connectivity index (χ1) is 34.2. The first-order valence-electron chi connectivity index (χ1n) is 25.9. The summed E-state index contributed by atoms with van der Waals surface area (Å²) in [7, 11) is 5.01. The van der Waals surface area contributed by atoms with Gasteiger partial charge < -0.3 is 54.4 Å². The normalized spacial score (nSPS) is 36.7. The molecule has 72 heavy (non-hydrogen) atoms. The van der Waals surface area contributed by atoms with E-state index < -0.39 is 121 Å². The summed E-state index contributed by atoms with van der Waals surface area (Å²) in [4.78, 5) is 38.9. The van der Waals surface area contributed by atoms with Crippen molar-refractivity contribution in [3.63, 3.8) is 0 Å². The van der Waals surface area contributed by atoms with Crippen molar-refractivity contribution < 1.29 is 57.7 Å². The largest absolute Gasteiger partial charge is 0.462 e. The van der Waals surface area contributed by atoms with E-state index in [4.69, 9.17) is 34.2 Å². The molecule has 0 bridgehead atoms. The van der Waals surface area contributed by atoms with Crippen LogP contribution >= 0.6 is 0 Å². The Hall–Kier alpha value is -4.05. The Labute approximate surface area is 423 Å². The molecule has 5 N–H and O–H groups in total. The number of Topliss-reactive ketones (excluding diaryl/α,β-unsaturated/α-hetero) is 1. The van der Waals surface area contributed by atoms with Gasteiger partial charge in [0.05, 0.1) is 48.2 Å². The van der Waals surface area contributed by atoms with Crippen LogP contribution in [-0.2, 0) is 44.4 Å². The molecule has 1 spiro atoms. The highest BCUT2D eigenvalue weighted by Gasteiger charge is 2.56. The molecule has 3 saturated heterocycles. The van der Waals surface area contributed by atoms with Crippen molar-refractivity contribution in [1.82, 2.24) is 29.9 Å². The van der Waals surface area contributed by atoms with Crippen molar-refractivity contribution in [2.75, 3.05) is 40.2 Å². The highest BCUT2D eigenvalue weighted by molar-refractivity contribution is 5.89. The van der Waals surface area contributed by atoms with Crippen molar-refractivity contribution >= 4 is 17.7 Å². The quantitative estimate of drug-likeness (QED) is 0.149. The number of aromatic nitrogens is 5. The van der Waals surface area contributed by atoms with E-state index >= 15 is 0 Å². The molecule has 18 nitrogen and oxygen atoms in total. The van der Waals surface area contributed by atoms with E-state index in [1.54, 1.807) is 46.5 Å². The molecule has 3 aliphatic heterocycles. The molecule has 1 aliphatic carbocycles. The van der Waals surface area contributed by atoms with E-state index in [2.05, 4.69) is 25.2 Å². The minimum atomic E-state index is -1.11. The van der Waals surface area contributed by atoms with Crippen LogP contribution in [0.4, 0.5) is 10.3 Å². The van der Waals surface area contributed by atoms with Gasteiger partial charge in [-0.2, -0.15) is 0 Å². The highest BCUT2D eigenvalue weighted by atomic mass is 19.1. The Morgan fingerprint density at radius 2 is 1.57 bits per heavy atom. The standard InChI is InChI=1S/C53H80FN7O11/c1-27-22-53(17-18-53)49(65)32(6)44(62)29(3)33(7)71-50(66)31(5)43(41-21-42(67-10)45(63)34(8)70-41)30(4)47(27)72-51-46(64)39(20-28(2)69-51)60(9)19-16-38-26-61(59-58-38)40(23-54)48(68-11)36-14-12-35(13-15-36)37-24-56-52(55)57-25-37/h12-15,24-34,39-48,51,62-64H,16-23H2,1-11H3,(H2,55,56,57)/t27-,28+,29-,30-,31+,32+,33+,34-,39-,40+,41?,42+,43-,44-,45-,46+,47-,48+,51-/m0/s1. The van der Waals surface area contributed by atoms with Crippen LogP contribution in [-0.4, -0.2) is 159 Å². The second-order valence-corrected chi connectivity index (χ2v) is 21.7. The summed E-state index contributed by atoms with van der Waals surface area (Å²) in [5.74, 6) is -3.48. The molecule has 4 fully saturated rings. The van der Waals surface area contributed by atoms with E-state index in [0.717, 1.165) is 16.7 Å². The maximum absolute atomic E-state index is 14.9. The van der Waals surface area contributed by atoms with Gasteiger partial charge in [-0.3, -0.25) is 9.59 Å². The molecule has 1 unspecified atom stereocenters. The molecule has 19 heteroatoms. The van der Waals surface area contributed by atoms with Crippen LogP contribution in [0.25, 0.3) is 11.1 Å². The maximum atomic E-state index is 14.9. The molecule has 400 valence electrons. The van der Waals surface area contributed by atoms with Crippen LogP contribution in [0.15, 0.2) is 42.9 Å². The number of benzene rings is 1. The fraction of sp³-hybridized carbons (Fsp3) is 0.736. The molecule has 2 aromatic heterocycles. The molecule has 5 heterocycles. The fourth-order valence-corrected chi connectivity index (χ4v) is 12.0. The Morgan fingerprint density at radius 1 is 0.889 bits per heavy atom. The number of hydrogen-bond acceptors (Lipinski definition) is 17. The third-order valence-electron chi connectivity index (χ3n) is 16.8. The van der Waals surface area contributed by atoms with E-state index in [0.29, 0.717) is 50.8 Å². The average molecular weight is 1010 g/mol. The fourth-order valence-electron chi connectivity index (χ4n) is 12.0. The summed E-state index contributed by atoms with van der Waals surface area (Å²) in [6.45, 7) is 14.7. The number of nitrogens with zero attached hydrogens (tertiary/aromatic N) is 6. The van der Waals surface area contributed by atoms with Gasteiger partial charge >= 0.3 is 5.97 Å². The number of rotatable bonds is 14. The van der Waals surface area contributed by atoms with Gasteiger partial charge in [-0.05, 0) is 76.5 Å². The predicted molar refractivity (Wildman–Crippen MR) is 265 cm³/mol. The van der Waals surface area contributed by atoms with Gasteiger partial charge in [0.2, 0.25) is 5.95 Å². The number of esters is 1. The summed E-state index contributed by atoms with van der Waals surface area (Å²) in [5, 5.41) is 43.6. The number of aliphatic hydroxyl groups excluding tert-OH is 3. The van der Waals surface area contributed by atoms with Crippen LogP contribution in [0.5, 0.6) is 0 Å². The van der Waals surface area contributed by atoms with Gasteiger partial charge in [-0.1, -0.05) is 64.1 Å². The van der Waals surface area contributed by atoms with Crippen LogP contribution in [0, 0.1) is 40.9 Å². The first kappa shape index (κ1) is 55.7. The van der Waals surface area contributed by atoms with Gasteiger partial charge in [-0.25, -0.2) is 19.0 Å². The molecule has 0 radical (unpaired) electrons. The monoisotopic (exact) mass is 1010 g/mol. The molecular weight excluding hydrogens is 930 g/mol. The number of alkyl halides is 1. The number of nitrogens with two attached hydrogens (primary N) is 1. The topological polar surface area (TPSA) is 236 Å². The summed E-state index contributed by atoms with van der Waals surface area (Å²) in [6, 6.07) is 6.33. The first-order valence-corrected chi connectivity index (χ1v) is 25.9. The molecule has 4 aliphatic rings. The molecule has 1 saturated carbocycles. The zero-order chi connectivity index (χ0) is 52.3. The lowest BCUT2D eigenvalue weighted by molar-refractivity contribution is -0.286. The number of halogens is 1. The summed E-state index contributed by atoms with van der Waals surface area (Å²) in [6.07, 6.45) is -0.0768. The number of carbonyl (C=O) groups is 2. The third-order valence-corrected chi connectivity index (χ3v) is 16.8. The number of ketones is 1. The van der Waals surface area contributed by atoms with E-state index in [9.17, 15) is 29.3 Å². The minimum absolute atomic E-state index is 0.0121. The van der Waals surface area contributed by atoms with Crippen molar-refractivity contribution in [2.24, 2.45) is 40.9 Å². The Balaban J connectivity index is 1.10. The SMILES string of the molecule is CO[C@H](c1ccc(-c2cnc(N)nc2)cc1)[C@@H](CF)n1cc(CCN(C)[C@H]2C[C@@H](C)O[C@@H](O[C@@H]3[C@@H](C)[C@H](C4C[C@@H](OC)[C@@H](O)[C@H](C)O4)[C@@H](C)C(=O)O[C@H](C)[C@H](C)[C@H](O)[C@@H](C)C(=O)C4(CC4)C[C@@H]3C)[C@@H]2O)nn1. The Morgan fingerprint density at radius 3 is 2.19 bits per heavy atom. The number of methoxy groups -OCH3 is 2. The number of carbonyl (C=O) groups excluding carboxylic acids is 2. The van der Waals surface area contributed by atoms with Gasteiger partial charge in [0.15, 0.2) is 6.29 Å². The van der Waals surface area contributed by atoms with E-state index in [-0.39, 0.29) is 23.8 Å². The smallest absolute Gasteiger partial charge is 0.309 e. The minimum Gasteiger partial charge on any atom is -0.462 e. The third kappa shape index (κ3) is 12.0. The predicted octanol–water partition coefficient (Wildman–Crippen LogP) is 5.34. The Bertz CT molecular complexity index is 2240. The second kappa shape index (κ2) is 23.7. The molecular formula is C53H80FN7O11. The summed E-state index contributed by atoms with van der Waals surface area (Å²) >= 11 is 0. The lowest BCUT2D eigenvalue weighted by atomic mass is 9.69. The lowest BCUT2D eigenvalue weighted by Crippen LogP contribution is -2.58. The molecule has 19 atom stereocenters. The molecule has 3 aromatic rings. The van der Waals surface area contributed by atoms with Crippen molar-refractivity contribution in [2.45, 2.75) is 173 Å². The number of hydrogen-bond donors (Lipinski definition) is 4. The number of aliphatic hydroxyl groups is 3. The molecule has 0 amide bonds. The average Bonchev–Trinajstić information content (AvgIpc) is 4.00. The summed E-state index contributed by atoms with van der Waals surface area (Å²) in [5.41, 5.74) is 8.05.